The fourth-order valence-corrected chi connectivity index (χ4v) is 3.59. The zero-order valence-corrected chi connectivity index (χ0v) is 18.3. The summed E-state index contributed by atoms with van der Waals surface area (Å²) in [6, 6.07) is 17.9. The zero-order valence-electron chi connectivity index (χ0n) is 18.3. The molecule has 2 aromatic carbocycles. The largest absolute Gasteiger partial charge is 0.453 e. The SMILES string of the molecule is CC(=O)O[C@H]1O[C@@](COCc2ccccc2)(C(F)F)[C@@H](OCc2ccccc2)[C@H]1OC(C)=O. The minimum absolute atomic E-state index is 0.0422. The van der Waals surface area contributed by atoms with Crippen LogP contribution in [0.25, 0.3) is 0 Å². The molecular formula is C24H26F2O7. The highest BCUT2D eigenvalue weighted by molar-refractivity contribution is 5.67. The first kappa shape index (κ1) is 24.8. The minimum atomic E-state index is -3.10. The van der Waals surface area contributed by atoms with Gasteiger partial charge in [-0.3, -0.25) is 9.59 Å². The van der Waals surface area contributed by atoms with Gasteiger partial charge in [-0.1, -0.05) is 60.7 Å². The van der Waals surface area contributed by atoms with Gasteiger partial charge in [-0.05, 0) is 11.1 Å². The van der Waals surface area contributed by atoms with Crippen molar-refractivity contribution in [2.24, 2.45) is 0 Å². The monoisotopic (exact) mass is 464 g/mol. The summed E-state index contributed by atoms with van der Waals surface area (Å²) in [5.41, 5.74) is -0.859. The number of halogens is 2. The van der Waals surface area contributed by atoms with E-state index in [4.69, 9.17) is 23.7 Å². The van der Waals surface area contributed by atoms with Gasteiger partial charge in [0.1, 0.15) is 6.10 Å². The van der Waals surface area contributed by atoms with E-state index in [1.165, 1.54) is 0 Å². The molecule has 3 rings (SSSR count). The fraction of sp³-hybridized carbons (Fsp3) is 0.417. The number of hydrogen-bond acceptors (Lipinski definition) is 7. The van der Waals surface area contributed by atoms with Crippen molar-refractivity contribution in [2.45, 2.75) is 57.6 Å². The highest BCUT2D eigenvalue weighted by Crippen LogP contribution is 2.41. The molecule has 7 nitrogen and oxygen atoms in total. The van der Waals surface area contributed by atoms with Crippen molar-refractivity contribution in [3.8, 4) is 0 Å². The second kappa shape index (κ2) is 11.3. The van der Waals surface area contributed by atoms with Crippen LogP contribution in [-0.4, -0.2) is 49.1 Å². The molecule has 0 aliphatic carbocycles. The number of ether oxygens (including phenoxy) is 5. The molecule has 0 unspecified atom stereocenters. The van der Waals surface area contributed by atoms with Crippen molar-refractivity contribution in [1.29, 1.82) is 0 Å². The van der Waals surface area contributed by atoms with Gasteiger partial charge in [0.25, 0.3) is 6.43 Å². The quantitative estimate of drug-likeness (QED) is 0.497. The molecule has 1 heterocycles. The lowest BCUT2D eigenvalue weighted by Crippen LogP contribution is -2.54. The van der Waals surface area contributed by atoms with Crippen molar-refractivity contribution in [3.05, 3.63) is 71.8 Å². The Kier molecular flexibility index (Phi) is 8.49. The normalized spacial score (nSPS) is 24.6. The first-order valence-corrected chi connectivity index (χ1v) is 10.4. The van der Waals surface area contributed by atoms with Crippen molar-refractivity contribution < 1.29 is 42.1 Å². The molecule has 0 aromatic heterocycles. The van der Waals surface area contributed by atoms with E-state index in [9.17, 15) is 18.4 Å². The molecule has 0 amide bonds. The predicted molar refractivity (Wildman–Crippen MR) is 112 cm³/mol. The summed E-state index contributed by atoms with van der Waals surface area (Å²) >= 11 is 0. The van der Waals surface area contributed by atoms with E-state index < -0.39 is 49.1 Å². The number of hydrogen-bond donors (Lipinski definition) is 0. The van der Waals surface area contributed by atoms with Gasteiger partial charge in [-0.25, -0.2) is 8.78 Å². The third-order valence-electron chi connectivity index (χ3n) is 5.05. The highest BCUT2D eigenvalue weighted by atomic mass is 19.3. The highest BCUT2D eigenvalue weighted by Gasteiger charge is 2.64. The Balaban J connectivity index is 1.88. The van der Waals surface area contributed by atoms with Crippen molar-refractivity contribution in [1.82, 2.24) is 0 Å². The molecule has 0 spiro atoms. The molecule has 33 heavy (non-hydrogen) atoms. The standard InChI is InChI=1S/C24H26F2O7/c1-16(27)31-20-21(30-14-19-11-7-4-8-12-19)24(23(25)26,33-22(20)32-17(2)28)15-29-13-18-9-5-3-6-10-18/h3-12,20-23H,13-15H2,1-2H3/t20-,21+,22+,24-/m1/s1. The summed E-state index contributed by atoms with van der Waals surface area (Å²) in [6.45, 7) is 1.61. The Morgan fingerprint density at radius 2 is 1.45 bits per heavy atom. The lowest BCUT2D eigenvalue weighted by Gasteiger charge is -2.33. The van der Waals surface area contributed by atoms with E-state index in [0.29, 0.717) is 5.56 Å². The van der Waals surface area contributed by atoms with Crippen LogP contribution in [0.1, 0.15) is 25.0 Å². The van der Waals surface area contributed by atoms with Gasteiger partial charge in [0.05, 0.1) is 19.8 Å². The van der Waals surface area contributed by atoms with Crippen molar-refractivity contribution in [2.75, 3.05) is 6.61 Å². The number of rotatable bonds is 10. The molecule has 1 fully saturated rings. The van der Waals surface area contributed by atoms with E-state index >= 15 is 0 Å². The lowest BCUT2D eigenvalue weighted by molar-refractivity contribution is -0.241. The summed E-state index contributed by atoms with van der Waals surface area (Å²) in [7, 11) is 0. The Labute approximate surface area is 190 Å². The van der Waals surface area contributed by atoms with Crippen LogP contribution in [0.3, 0.4) is 0 Å². The minimum Gasteiger partial charge on any atom is -0.453 e. The van der Waals surface area contributed by atoms with Gasteiger partial charge in [0.15, 0.2) is 11.7 Å². The first-order chi connectivity index (χ1) is 15.8. The fourth-order valence-electron chi connectivity index (χ4n) is 3.59. The van der Waals surface area contributed by atoms with Gasteiger partial charge in [-0.15, -0.1) is 0 Å². The van der Waals surface area contributed by atoms with Crippen molar-refractivity contribution >= 4 is 11.9 Å². The third-order valence-corrected chi connectivity index (χ3v) is 5.05. The number of alkyl halides is 2. The van der Waals surface area contributed by atoms with E-state index in [2.05, 4.69) is 0 Å². The molecule has 0 bridgehead atoms. The summed E-state index contributed by atoms with van der Waals surface area (Å²) in [6.07, 6.45) is -7.57. The average molecular weight is 464 g/mol. The number of esters is 2. The third kappa shape index (κ3) is 6.34. The lowest BCUT2D eigenvalue weighted by atomic mass is 9.96. The van der Waals surface area contributed by atoms with Crippen LogP contribution in [0.15, 0.2) is 60.7 Å². The van der Waals surface area contributed by atoms with Crippen LogP contribution in [0, 0.1) is 0 Å². The van der Waals surface area contributed by atoms with Crippen LogP contribution in [0.5, 0.6) is 0 Å². The maximum absolute atomic E-state index is 14.6. The van der Waals surface area contributed by atoms with E-state index in [1.54, 1.807) is 54.6 Å². The number of carbonyl (C=O) groups is 2. The maximum Gasteiger partial charge on any atom is 0.305 e. The van der Waals surface area contributed by atoms with Crippen LogP contribution in [0.4, 0.5) is 8.78 Å². The van der Waals surface area contributed by atoms with E-state index in [0.717, 1.165) is 19.4 Å². The molecule has 1 aliphatic heterocycles. The van der Waals surface area contributed by atoms with Gasteiger partial charge < -0.3 is 23.7 Å². The molecule has 178 valence electrons. The summed E-state index contributed by atoms with van der Waals surface area (Å²) < 4.78 is 56.4. The van der Waals surface area contributed by atoms with Gasteiger partial charge in [-0.2, -0.15) is 0 Å². The molecule has 0 radical (unpaired) electrons. The molecule has 9 heteroatoms. The van der Waals surface area contributed by atoms with Gasteiger partial charge in [0.2, 0.25) is 6.29 Å². The van der Waals surface area contributed by atoms with E-state index in [1.807, 2.05) is 6.07 Å². The zero-order chi connectivity index (χ0) is 23.8. The molecule has 0 saturated carbocycles. The maximum atomic E-state index is 14.6. The molecule has 1 saturated heterocycles. The Bertz CT molecular complexity index is 910. The molecule has 4 atom stereocenters. The Morgan fingerprint density at radius 1 is 0.909 bits per heavy atom. The average Bonchev–Trinajstić information content (AvgIpc) is 3.06. The Hall–Kier alpha value is -2.88. The van der Waals surface area contributed by atoms with Gasteiger partial charge >= 0.3 is 11.9 Å². The molecule has 0 N–H and O–H groups in total. The first-order valence-electron chi connectivity index (χ1n) is 10.4. The second-order valence-electron chi connectivity index (χ2n) is 7.62. The summed E-state index contributed by atoms with van der Waals surface area (Å²) in [5, 5.41) is 0. The van der Waals surface area contributed by atoms with Crippen LogP contribution in [0.2, 0.25) is 0 Å². The number of benzene rings is 2. The van der Waals surface area contributed by atoms with E-state index in [-0.39, 0.29) is 13.2 Å². The topological polar surface area (TPSA) is 80.3 Å². The Morgan fingerprint density at radius 3 is 1.97 bits per heavy atom. The smallest absolute Gasteiger partial charge is 0.305 e. The van der Waals surface area contributed by atoms with Gasteiger partial charge in [0, 0.05) is 13.8 Å². The predicted octanol–water partition coefficient (Wildman–Crippen LogP) is 3.64. The van der Waals surface area contributed by atoms with Crippen molar-refractivity contribution in [3.63, 3.8) is 0 Å². The second-order valence-corrected chi connectivity index (χ2v) is 7.62. The summed E-state index contributed by atoms with van der Waals surface area (Å²) in [4.78, 5) is 23.3. The summed E-state index contributed by atoms with van der Waals surface area (Å²) in [5.74, 6) is -1.54. The number of carbonyl (C=O) groups excluding carboxylic acids is 2. The van der Waals surface area contributed by atoms with Crippen LogP contribution in [-0.2, 0) is 46.5 Å². The molecule has 2 aromatic rings. The van der Waals surface area contributed by atoms with Crippen LogP contribution < -0.4 is 0 Å². The molecular weight excluding hydrogens is 438 g/mol. The molecule has 1 aliphatic rings. The van der Waals surface area contributed by atoms with Crippen LogP contribution >= 0.6 is 0 Å².